The Labute approximate surface area is 225 Å². The Morgan fingerprint density at radius 1 is 1.18 bits per heavy atom. The quantitative estimate of drug-likeness (QED) is 0.466. The van der Waals surface area contributed by atoms with E-state index in [4.69, 9.17) is 22.1 Å². The third kappa shape index (κ3) is 6.58. The molecule has 202 valence electrons. The van der Waals surface area contributed by atoms with Gasteiger partial charge in [0, 0.05) is 23.0 Å². The summed E-state index contributed by atoms with van der Waals surface area (Å²) in [4.78, 5) is 36.4. The highest BCUT2D eigenvalue weighted by molar-refractivity contribution is 6.30. The van der Waals surface area contributed by atoms with E-state index in [0.717, 1.165) is 5.56 Å². The van der Waals surface area contributed by atoms with Crippen LogP contribution in [-0.2, 0) is 21.5 Å². The van der Waals surface area contributed by atoms with Crippen LogP contribution in [0.1, 0.15) is 58.1 Å². The Bertz CT molecular complexity index is 1370. The Balaban J connectivity index is 1.54. The van der Waals surface area contributed by atoms with Crippen molar-refractivity contribution in [2.75, 3.05) is 6.54 Å². The van der Waals surface area contributed by atoms with Gasteiger partial charge in [0.1, 0.15) is 23.5 Å². The van der Waals surface area contributed by atoms with Crippen molar-refractivity contribution in [1.82, 2.24) is 30.1 Å². The van der Waals surface area contributed by atoms with Gasteiger partial charge in [0.05, 0.1) is 12.2 Å². The molecule has 0 spiro atoms. The number of rotatable bonds is 7. The highest BCUT2D eigenvalue weighted by atomic mass is 35.5. The summed E-state index contributed by atoms with van der Waals surface area (Å²) in [5, 5.41) is 16.1. The predicted octanol–water partition coefficient (Wildman–Crippen LogP) is 3.22. The molecule has 11 nitrogen and oxygen atoms in total. The summed E-state index contributed by atoms with van der Waals surface area (Å²) in [6, 6.07) is 10.6. The monoisotopic (exact) mass is 541 g/mol. The fourth-order valence-electron chi connectivity index (χ4n) is 4.82. The summed E-state index contributed by atoms with van der Waals surface area (Å²) >= 11 is 6.32. The number of hydrogen-bond acceptors (Lipinski definition) is 7. The van der Waals surface area contributed by atoms with Gasteiger partial charge in [-0.2, -0.15) is 5.10 Å². The van der Waals surface area contributed by atoms with Crippen molar-refractivity contribution in [1.29, 1.82) is 0 Å². The van der Waals surface area contributed by atoms with Crippen LogP contribution in [0.3, 0.4) is 0 Å². The topological polar surface area (TPSA) is 147 Å². The van der Waals surface area contributed by atoms with Crippen LogP contribution in [0.4, 0.5) is 4.79 Å². The van der Waals surface area contributed by atoms with Crippen molar-refractivity contribution in [3.05, 3.63) is 63.5 Å². The van der Waals surface area contributed by atoms with E-state index in [0.29, 0.717) is 48.6 Å². The first-order valence-electron chi connectivity index (χ1n) is 12.5. The number of nitrogens with two attached hydrogens (primary N) is 1. The molecular formula is C26H32ClN7O4. The molecule has 2 heterocycles. The lowest BCUT2D eigenvalue weighted by molar-refractivity contribution is -0.118. The lowest BCUT2D eigenvalue weighted by Gasteiger charge is -2.41. The minimum Gasteiger partial charge on any atom is -0.444 e. The largest absolute Gasteiger partial charge is 0.444 e. The Hall–Kier alpha value is -3.73. The van der Waals surface area contributed by atoms with E-state index in [1.54, 1.807) is 12.3 Å². The summed E-state index contributed by atoms with van der Waals surface area (Å²) in [5.41, 5.74) is 5.96. The molecule has 1 saturated carbocycles. The third-order valence-corrected chi connectivity index (χ3v) is 6.84. The van der Waals surface area contributed by atoms with Gasteiger partial charge < -0.3 is 15.8 Å². The van der Waals surface area contributed by atoms with Gasteiger partial charge in [0.15, 0.2) is 0 Å². The van der Waals surface area contributed by atoms with Crippen molar-refractivity contribution in [3.63, 3.8) is 0 Å². The molecule has 3 N–H and O–H groups in total. The second-order valence-electron chi connectivity index (χ2n) is 10.6. The van der Waals surface area contributed by atoms with Crippen LogP contribution in [-0.4, -0.2) is 48.9 Å². The molecular weight excluding hydrogens is 510 g/mol. The van der Waals surface area contributed by atoms with Crippen molar-refractivity contribution in [2.24, 2.45) is 5.73 Å². The number of aromatic nitrogens is 5. The van der Waals surface area contributed by atoms with Gasteiger partial charge in [-0.05, 0) is 70.2 Å². The van der Waals surface area contributed by atoms with Crippen molar-refractivity contribution in [3.8, 4) is 11.4 Å². The fourth-order valence-corrected chi connectivity index (χ4v) is 5.01. The van der Waals surface area contributed by atoms with E-state index in [2.05, 4.69) is 20.7 Å². The zero-order valence-corrected chi connectivity index (χ0v) is 22.4. The van der Waals surface area contributed by atoms with Crippen LogP contribution in [0.15, 0.2) is 47.4 Å². The molecule has 0 aliphatic heterocycles. The van der Waals surface area contributed by atoms with Crippen molar-refractivity contribution < 1.29 is 14.3 Å². The van der Waals surface area contributed by atoms with E-state index in [9.17, 15) is 14.4 Å². The molecule has 1 aromatic carbocycles. The first-order chi connectivity index (χ1) is 17.9. The van der Waals surface area contributed by atoms with Gasteiger partial charge in [-0.3, -0.25) is 9.59 Å². The number of amides is 2. The number of benzene rings is 1. The molecule has 0 radical (unpaired) electrons. The number of nitrogens with zero attached hydrogens (tertiary/aromatic N) is 5. The maximum Gasteiger partial charge on any atom is 0.407 e. The average Bonchev–Trinajstić information content (AvgIpc) is 3.30. The lowest BCUT2D eigenvalue weighted by Crippen LogP contribution is -2.45. The van der Waals surface area contributed by atoms with Crippen LogP contribution in [0, 0.1) is 0 Å². The molecule has 38 heavy (non-hydrogen) atoms. The average molecular weight is 542 g/mol. The third-order valence-electron chi connectivity index (χ3n) is 6.61. The molecule has 2 amide bonds. The zero-order chi connectivity index (χ0) is 27.5. The number of carbonyl (C=O) groups excluding carboxylic acids is 2. The number of hydrogen-bond donors (Lipinski definition) is 2. The van der Waals surface area contributed by atoms with E-state index in [1.807, 2.05) is 45.0 Å². The van der Waals surface area contributed by atoms with Crippen molar-refractivity contribution in [2.45, 2.75) is 70.1 Å². The molecule has 12 heteroatoms. The number of alkyl carbamates (subject to hydrolysis) is 1. The lowest BCUT2D eigenvalue weighted by atomic mass is 9.68. The first-order valence-corrected chi connectivity index (χ1v) is 12.8. The highest BCUT2D eigenvalue weighted by Crippen LogP contribution is 2.43. The number of carbonyl (C=O) groups is 2. The normalized spacial score (nSPS) is 19.6. The van der Waals surface area contributed by atoms with Crippen LogP contribution >= 0.6 is 11.6 Å². The summed E-state index contributed by atoms with van der Waals surface area (Å²) < 4.78 is 8.27. The molecule has 0 atom stereocenters. The minimum absolute atomic E-state index is 0.0990. The SMILES string of the molecule is CC(C)(C)OC(=O)NCC1(c2cccc(Cl)c2)CCC(n2nc(-c3cn(CC(N)=O)nn3)ccc2=O)CC1. The molecule has 0 unspecified atom stereocenters. The molecule has 1 fully saturated rings. The Kier molecular flexibility index (Phi) is 7.86. The number of nitrogens with one attached hydrogen (secondary N) is 1. The van der Waals surface area contributed by atoms with E-state index in [1.165, 1.54) is 15.4 Å². The first kappa shape index (κ1) is 27.3. The second-order valence-corrected chi connectivity index (χ2v) is 11.1. The van der Waals surface area contributed by atoms with Gasteiger partial charge in [-0.25, -0.2) is 14.2 Å². The maximum absolute atomic E-state index is 12.8. The molecule has 4 rings (SSSR count). The standard InChI is InChI=1S/C26H32ClN7O4/c1-25(2,3)38-24(37)29-16-26(17-5-4-6-18(27)13-17)11-9-19(10-12-26)34-23(36)8-7-20(31-34)21-14-33(32-30-21)15-22(28)35/h4-8,13-14,19H,9-12,15-16H2,1-3H3,(H2,28,35)(H,29,37). The molecule has 0 saturated heterocycles. The number of halogens is 1. The summed E-state index contributed by atoms with van der Waals surface area (Å²) in [5.74, 6) is -0.536. The van der Waals surface area contributed by atoms with Crippen LogP contribution in [0.2, 0.25) is 5.02 Å². The smallest absolute Gasteiger partial charge is 0.407 e. The Morgan fingerprint density at radius 3 is 2.58 bits per heavy atom. The van der Waals surface area contributed by atoms with Gasteiger partial charge >= 0.3 is 6.09 Å². The minimum atomic E-state index is -0.603. The molecule has 1 aliphatic carbocycles. The number of ether oxygens (including phenoxy) is 1. The van der Waals surface area contributed by atoms with Crippen LogP contribution in [0.25, 0.3) is 11.4 Å². The molecule has 1 aliphatic rings. The predicted molar refractivity (Wildman–Crippen MR) is 142 cm³/mol. The van der Waals surface area contributed by atoms with E-state index in [-0.39, 0.29) is 23.6 Å². The fraction of sp³-hybridized carbons (Fsp3) is 0.462. The van der Waals surface area contributed by atoms with Gasteiger partial charge in [-0.1, -0.05) is 28.9 Å². The van der Waals surface area contributed by atoms with E-state index >= 15 is 0 Å². The summed E-state index contributed by atoms with van der Waals surface area (Å²) in [6.07, 6.45) is 3.80. The van der Waals surface area contributed by atoms with Crippen LogP contribution in [0.5, 0.6) is 0 Å². The van der Waals surface area contributed by atoms with Crippen LogP contribution < -0.4 is 16.6 Å². The highest BCUT2D eigenvalue weighted by Gasteiger charge is 2.39. The summed E-state index contributed by atoms with van der Waals surface area (Å²) in [6.45, 7) is 5.74. The second kappa shape index (κ2) is 10.9. The molecule has 3 aromatic rings. The van der Waals surface area contributed by atoms with Gasteiger partial charge in [-0.15, -0.1) is 5.10 Å². The van der Waals surface area contributed by atoms with Gasteiger partial charge in [0.25, 0.3) is 5.56 Å². The Morgan fingerprint density at radius 2 is 1.92 bits per heavy atom. The van der Waals surface area contributed by atoms with E-state index < -0.39 is 17.6 Å². The summed E-state index contributed by atoms with van der Waals surface area (Å²) in [7, 11) is 0. The number of primary amides is 1. The zero-order valence-electron chi connectivity index (χ0n) is 21.7. The maximum atomic E-state index is 12.8. The molecule has 0 bridgehead atoms. The molecule has 2 aromatic heterocycles. The van der Waals surface area contributed by atoms with Gasteiger partial charge in [0.2, 0.25) is 5.91 Å². The van der Waals surface area contributed by atoms with Crippen molar-refractivity contribution >= 4 is 23.6 Å².